The van der Waals surface area contributed by atoms with Gasteiger partial charge in [-0.05, 0) is 6.92 Å². The Morgan fingerprint density at radius 2 is 1.91 bits per heavy atom. The monoisotopic (exact) mass is 335 g/mol. The summed E-state index contributed by atoms with van der Waals surface area (Å²) in [5.41, 5.74) is 8.61. The molecule has 1 rings (SSSR count). The number of hydrogen-bond donors (Lipinski definition) is 7. The lowest BCUT2D eigenvalue weighted by Crippen LogP contribution is -2.78. The number of nitrogens with one attached hydrogen (secondary N) is 1. The number of carboxylic acids is 1. The first-order valence-corrected chi connectivity index (χ1v) is 6.75. The number of carbonyl (C=O) groups excluding carboxylic acids is 2. The van der Waals surface area contributed by atoms with Gasteiger partial charge in [-0.25, -0.2) is 0 Å². The fourth-order valence-electron chi connectivity index (χ4n) is 2.33. The number of rotatable bonds is 7. The van der Waals surface area contributed by atoms with Crippen LogP contribution in [0.4, 0.5) is 0 Å². The van der Waals surface area contributed by atoms with Crippen LogP contribution in [0.1, 0.15) is 13.3 Å². The second-order valence-corrected chi connectivity index (χ2v) is 5.39. The molecule has 1 saturated heterocycles. The quantitative estimate of drug-likeness (QED) is 0.238. The van der Waals surface area contributed by atoms with E-state index in [0.29, 0.717) is 0 Å². The predicted octanol–water partition coefficient (Wildman–Crippen LogP) is -4.37. The van der Waals surface area contributed by atoms with E-state index < -0.39 is 66.8 Å². The van der Waals surface area contributed by atoms with Gasteiger partial charge in [-0.2, -0.15) is 0 Å². The Labute approximate surface area is 131 Å². The highest BCUT2D eigenvalue weighted by Crippen LogP contribution is 2.28. The minimum absolute atomic E-state index is 0.619. The van der Waals surface area contributed by atoms with Gasteiger partial charge in [-0.15, -0.1) is 0 Å². The number of Topliss-reactive ketones (excluding diaryl/α,β-unsaturated/α-hetero) is 1. The van der Waals surface area contributed by atoms with Gasteiger partial charge in [0.25, 0.3) is 0 Å². The first kappa shape index (κ1) is 19.4. The van der Waals surface area contributed by atoms with Crippen molar-refractivity contribution in [1.82, 2.24) is 5.32 Å². The van der Waals surface area contributed by atoms with Gasteiger partial charge < -0.3 is 36.6 Å². The fourth-order valence-corrected chi connectivity index (χ4v) is 2.33. The van der Waals surface area contributed by atoms with E-state index in [9.17, 15) is 24.6 Å². The molecule has 132 valence electrons. The second kappa shape index (κ2) is 7.29. The van der Waals surface area contributed by atoms with Crippen LogP contribution in [0.2, 0.25) is 0 Å². The van der Waals surface area contributed by atoms with Gasteiger partial charge in [-0.1, -0.05) is 0 Å². The summed E-state index contributed by atoms with van der Waals surface area (Å²) < 4.78 is 5.23. The average molecular weight is 335 g/mol. The molecule has 9 N–H and O–H groups in total. The summed E-state index contributed by atoms with van der Waals surface area (Å²) in [6, 6.07) is -1.54. The van der Waals surface area contributed by atoms with Crippen LogP contribution < -0.4 is 16.8 Å². The van der Waals surface area contributed by atoms with E-state index in [1.807, 2.05) is 0 Å². The molecule has 0 spiro atoms. The number of carbonyl (C=O) groups is 3. The van der Waals surface area contributed by atoms with E-state index in [1.54, 1.807) is 0 Å². The highest BCUT2D eigenvalue weighted by atomic mass is 16.5. The molecule has 0 aliphatic carbocycles. The van der Waals surface area contributed by atoms with E-state index in [1.165, 1.54) is 0 Å². The van der Waals surface area contributed by atoms with Crippen LogP contribution in [-0.2, 0) is 19.1 Å². The molecule has 1 amide bonds. The zero-order valence-electron chi connectivity index (χ0n) is 12.4. The summed E-state index contributed by atoms with van der Waals surface area (Å²) in [6.07, 6.45) is -6.98. The Morgan fingerprint density at radius 1 is 1.35 bits per heavy atom. The number of ether oxygens (including phenoxy) is 1. The van der Waals surface area contributed by atoms with Crippen LogP contribution in [0.3, 0.4) is 0 Å². The third-order valence-corrected chi connectivity index (χ3v) is 3.78. The first-order chi connectivity index (χ1) is 10.5. The van der Waals surface area contributed by atoms with Gasteiger partial charge in [0.05, 0.1) is 13.0 Å². The number of aliphatic hydroxyl groups excluding tert-OH is 3. The molecule has 0 aromatic rings. The summed E-state index contributed by atoms with van der Waals surface area (Å²) in [7, 11) is 0. The number of primary amides is 1. The lowest BCUT2D eigenvalue weighted by Gasteiger charge is -2.48. The van der Waals surface area contributed by atoms with Crippen LogP contribution in [0, 0.1) is 0 Å². The fraction of sp³-hybridized carbons (Fsp3) is 0.750. The molecule has 0 radical (unpaired) electrons. The van der Waals surface area contributed by atoms with Crippen molar-refractivity contribution >= 4 is 17.7 Å². The maximum absolute atomic E-state index is 11.8. The molecule has 11 heteroatoms. The van der Waals surface area contributed by atoms with Crippen LogP contribution in [0.15, 0.2) is 0 Å². The lowest BCUT2D eigenvalue weighted by molar-refractivity contribution is -0.224. The van der Waals surface area contributed by atoms with Gasteiger partial charge in [-0.3, -0.25) is 19.7 Å². The van der Waals surface area contributed by atoms with Crippen molar-refractivity contribution in [1.29, 1.82) is 0 Å². The number of amides is 1. The molecule has 11 nitrogen and oxygen atoms in total. The van der Waals surface area contributed by atoms with E-state index in [4.69, 9.17) is 26.4 Å². The summed E-state index contributed by atoms with van der Waals surface area (Å²) >= 11 is 0. The Kier molecular flexibility index (Phi) is 6.16. The van der Waals surface area contributed by atoms with Crippen molar-refractivity contribution in [2.45, 2.75) is 49.5 Å². The summed E-state index contributed by atoms with van der Waals surface area (Å²) in [5.74, 6) is -3.17. The summed E-state index contributed by atoms with van der Waals surface area (Å²) in [5, 5.41) is 40.5. The zero-order valence-corrected chi connectivity index (χ0v) is 12.4. The van der Waals surface area contributed by atoms with E-state index in [-0.39, 0.29) is 0 Å². The number of nitrogens with two attached hydrogens (primary N) is 2. The molecule has 1 aliphatic heterocycles. The van der Waals surface area contributed by atoms with Crippen molar-refractivity contribution in [3.63, 3.8) is 0 Å². The van der Waals surface area contributed by atoms with Crippen molar-refractivity contribution in [2.75, 3.05) is 6.61 Å². The summed E-state index contributed by atoms with van der Waals surface area (Å²) in [4.78, 5) is 33.9. The van der Waals surface area contributed by atoms with Gasteiger partial charge in [0, 0.05) is 0 Å². The number of aliphatic hydroxyl groups is 3. The zero-order chi connectivity index (χ0) is 17.9. The molecule has 0 aromatic heterocycles. The Balaban J connectivity index is 3.13. The van der Waals surface area contributed by atoms with Gasteiger partial charge in [0.2, 0.25) is 5.91 Å². The lowest BCUT2D eigenvalue weighted by atomic mass is 9.80. The Hall–Kier alpha value is -1.63. The van der Waals surface area contributed by atoms with Gasteiger partial charge >= 0.3 is 5.97 Å². The molecular weight excluding hydrogens is 314 g/mol. The molecular formula is C12H21N3O8. The Morgan fingerprint density at radius 3 is 2.30 bits per heavy atom. The van der Waals surface area contributed by atoms with Crippen molar-refractivity contribution in [2.24, 2.45) is 11.5 Å². The van der Waals surface area contributed by atoms with Gasteiger partial charge in [0.15, 0.2) is 5.78 Å². The predicted molar refractivity (Wildman–Crippen MR) is 73.7 cm³/mol. The Bertz CT molecular complexity index is 487. The number of aliphatic carboxylic acids is 1. The van der Waals surface area contributed by atoms with E-state index >= 15 is 0 Å². The van der Waals surface area contributed by atoms with Crippen molar-refractivity contribution in [3.8, 4) is 0 Å². The minimum atomic E-state index is -2.18. The average Bonchev–Trinajstić information content (AvgIpc) is 2.45. The second-order valence-electron chi connectivity index (χ2n) is 5.39. The highest BCUT2D eigenvalue weighted by Gasteiger charge is 2.56. The number of hydrogen-bond acceptors (Lipinski definition) is 9. The van der Waals surface area contributed by atoms with Crippen LogP contribution in [0.25, 0.3) is 0 Å². The molecule has 0 bridgehead atoms. The third kappa shape index (κ3) is 3.83. The first-order valence-electron chi connectivity index (χ1n) is 6.75. The third-order valence-electron chi connectivity index (χ3n) is 3.78. The van der Waals surface area contributed by atoms with Gasteiger partial charge in [0.1, 0.15) is 36.1 Å². The molecule has 0 aromatic carbocycles. The van der Waals surface area contributed by atoms with Crippen LogP contribution in [0.5, 0.6) is 0 Å². The maximum atomic E-state index is 11.8. The SMILES string of the molecule is CC(=O)[C@]1(N)[C@H](N[C@@H](CC(N)=O)C(=O)O)O[C@H](CO)[C@@H](O)[C@@H]1O. The highest BCUT2D eigenvalue weighted by molar-refractivity contribution is 5.88. The topological polar surface area (TPSA) is 205 Å². The molecule has 1 fully saturated rings. The van der Waals surface area contributed by atoms with Crippen LogP contribution >= 0.6 is 0 Å². The van der Waals surface area contributed by atoms with Crippen molar-refractivity contribution < 1.29 is 39.5 Å². The van der Waals surface area contributed by atoms with Crippen molar-refractivity contribution in [3.05, 3.63) is 0 Å². The van der Waals surface area contributed by atoms with E-state index in [0.717, 1.165) is 6.92 Å². The normalized spacial score (nSPS) is 35.5. The smallest absolute Gasteiger partial charge is 0.321 e. The molecule has 1 heterocycles. The molecule has 1 aliphatic rings. The molecule has 23 heavy (non-hydrogen) atoms. The molecule has 0 unspecified atom stereocenters. The summed E-state index contributed by atoms with van der Waals surface area (Å²) in [6.45, 7) is 0.315. The maximum Gasteiger partial charge on any atom is 0.321 e. The van der Waals surface area contributed by atoms with E-state index in [2.05, 4.69) is 5.32 Å². The largest absolute Gasteiger partial charge is 0.480 e. The standard InChI is InChI=1S/C12H21N3O8/c1-4(17)12(14)9(20)8(19)6(3-16)23-11(12)15-5(10(21)22)2-7(13)18/h5-6,8-9,11,15-16,19-20H,2-3,14H2,1H3,(H2,13,18)(H,21,22)/t5-,6+,8+,9-,11+,12+/m0/s1. The number of ketones is 1. The molecule has 6 atom stereocenters. The molecule has 0 saturated carbocycles. The number of carboxylic acid groups (broad SMARTS) is 1. The van der Waals surface area contributed by atoms with Crippen LogP contribution in [-0.4, -0.2) is 80.8 Å². The minimum Gasteiger partial charge on any atom is -0.480 e.